The minimum atomic E-state index is -0.0984. The summed E-state index contributed by atoms with van der Waals surface area (Å²) in [5.41, 5.74) is 0. The number of thiophene rings is 1. The molecule has 0 amide bonds. The van der Waals surface area contributed by atoms with Crippen molar-refractivity contribution in [3.63, 3.8) is 0 Å². The van der Waals surface area contributed by atoms with Crippen LogP contribution in [-0.4, -0.2) is 11.2 Å². The van der Waals surface area contributed by atoms with Gasteiger partial charge in [-0.15, -0.1) is 11.3 Å². The number of hydrogen-bond donors (Lipinski definition) is 1. The van der Waals surface area contributed by atoms with Crippen molar-refractivity contribution in [2.75, 3.05) is 0 Å². The molecule has 14 heavy (non-hydrogen) atoms. The lowest BCUT2D eigenvalue weighted by Gasteiger charge is -2.16. The Morgan fingerprint density at radius 2 is 2.36 bits per heavy atom. The molecule has 1 aliphatic carbocycles. The first-order valence-electron chi connectivity index (χ1n) is 5.08. The molecule has 1 saturated carbocycles. The Bertz CT molecular complexity index is 310. The lowest BCUT2D eigenvalue weighted by atomic mass is 9.93. The number of rotatable bonds is 2. The van der Waals surface area contributed by atoms with E-state index in [-0.39, 0.29) is 6.10 Å². The summed E-state index contributed by atoms with van der Waals surface area (Å²) >= 11 is 7.78. The lowest BCUT2D eigenvalue weighted by Crippen LogP contribution is -2.16. The van der Waals surface area contributed by atoms with Crippen molar-refractivity contribution in [2.24, 2.45) is 11.8 Å². The lowest BCUT2D eigenvalue weighted by molar-refractivity contribution is 0.127. The van der Waals surface area contributed by atoms with E-state index in [4.69, 9.17) is 11.6 Å². The second-order valence-corrected chi connectivity index (χ2v) is 5.57. The van der Waals surface area contributed by atoms with Crippen LogP contribution in [0.4, 0.5) is 0 Å². The highest BCUT2D eigenvalue weighted by atomic mass is 35.5. The Balaban J connectivity index is 2.02. The fourth-order valence-corrected chi connectivity index (χ4v) is 3.43. The van der Waals surface area contributed by atoms with Gasteiger partial charge in [-0.05, 0) is 42.5 Å². The predicted molar refractivity (Wildman–Crippen MR) is 60.9 cm³/mol. The molecule has 1 aromatic rings. The monoisotopic (exact) mass is 230 g/mol. The van der Waals surface area contributed by atoms with Gasteiger partial charge in [0.1, 0.15) is 0 Å². The average Bonchev–Trinajstić information content (AvgIpc) is 2.68. The van der Waals surface area contributed by atoms with Gasteiger partial charge in [-0.25, -0.2) is 0 Å². The molecule has 1 nitrogen and oxygen atoms in total. The Morgan fingerprint density at radius 3 is 2.86 bits per heavy atom. The zero-order valence-electron chi connectivity index (χ0n) is 8.24. The van der Waals surface area contributed by atoms with Crippen molar-refractivity contribution < 1.29 is 5.11 Å². The van der Waals surface area contributed by atoms with Crippen LogP contribution in [0, 0.1) is 11.8 Å². The van der Waals surface area contributed by atoms with E-state index >= 15 is 0 Å². The molecular formula is C11H15ClOS. The number of aliphatic hydroxyl groups excluding tert-OH is 1. The van der Waals surface area contributed by atoms with Gasteiger partial charge in [-0.3, -0.25) is 0 Å². The van der Waals surface area contributed by atoms with Gasteiger partial charge in [0.15, 0.2) is 0 Å². The van der Waals surface area contributed by atoms with Crippen LogP contribution in [-0.2, 0) is 6.42 Å². The molecule has 1 heterocycles. The SMILES string of the molecule is CC1C(O)CCC1Cc1sccc1Cl. The van der Waals surface area contributed by atoms with E-state index in [2.05, 4.69) is 6.92 Å². The van der Waals surface area contributed by atoms with E-state index in [0.29, 0.717) is 11.8 Å². The van der Waals surface area contributed by atoms with Crippen molar-refractivity contribution in [2.45, 2.75) is 32.3 Å². The quantitative estimate of drug-likeness (QED) is 0.826. The summed E-state index contributed by atoms with van der Waals surface area (Å²) in [5.74, 6) is 1.04. The molecule has 1 aromatic heterocycles. The second-order valence-electron chi connectivity index (χ2n) is 4.16. The van der Waals surface area contributed by atoms with Gasteiger partial charge in [-0.1, -0.05) is 18.5 Å². The normalized spacial score (nSPS) is 32.4. The minimum absolute atomic E-state index is 0.0984. The molecule has 0 spiro atoms. The molecule has 0 aliphatic heterocycles. The molecule has 3 heteroatoms. The van der Waals surface area contributed by atoms with E-state index in [0.717, 1.165) is 24.3 Å². The van der Waals surface area contributed by atoms with Crippen LogP contribution in [0.5, 0.6) is 0 Å². The van der Waals surface area contributed by atoms with Gasteiger partial charge in [0.2, 0.25) is 0 Å². The van der Waals surface area contributed by atoms with Gasteiger partial charge in [-0.2, -0.15) is 0 Å². The maximum atomic E-state index is 9.64. The maximum absolute atomic E-state index is 9.64. The summed E-state index contributed by atoms with van der Waals surface area (Å²) in [6.45, 7) is 2.14. The topological polar surface area (TPSA) is 20.2 Å². The third kappa shape index (κ3) is 1.97. The Morgan fingerprint density at radius 1 is 1.57 bits per heavy atom. The largest absolute Gasteiger partial charge is 0.393 e. The number of halogens is 1. The zero-order valence-corrected chi connectivity index (χ0v) is 9.81. The predicted octanol–water partition coefficient (Wildman–Crippen LogP) is 3.35. The molecule has 3 atom stereocenters. The molecule has 0 radical (unpaired) electrons. The summed E-state index contributed by atoms with van der Waals surface area (Å²) in [7, 11) is 0. The fourth-order valence-electron chi connectivity index (χ4n) is 2.22. The average molecular weight is 231 g/mol. The second kappa shape index (κ2) is 4.21. The van der Waals surface area contributed by atoms with Crippen LogP contribution in [0.2, 0.25) is 5.02 Å². The number of aliphatic hydroxyl groups is 1. The summed E-state index contributed by atoms with van der Waals surface area (Å²) in [4.78, 5) is 1.28. The van der Waals surface area contributed by atoms with Crippen LogP contribution < -0.4 is 0 Å². The van der Waals surface area contributed by atoms with Crippen LogP contribution in [0.15, 0.2) is 11.4 Å². The number of hydrogen-bond acceptors (Lipinski definition) is 2. The molecule has 1 fully saturated rings. The molecule has 0 aromatic carbocycles. The zero-order chi connectivity index (χ0) is 10.1. The molecule has 3 unspecified atom stereocenters. The molecule has 0 bridgehead atoms. The highest BCUT2D eigenvalue weighted by Gasteiger charge is 2.31. The molecule has 1 aliphatic rings. The van der Waals surface area contributed by atoms with Crippen molar-refractivity contribution in [3.8, 4) is 0 Å². The smallest absolute Gasteiger partial charge is 0.0568 e. The van der Waals surface area contributed by atoms with E-state index in [9.17, 15) is 5.11 Å². The maximum Gasteiger partial charge on any atom is 0.0568 e. The van der Waals surface area contributed by atoms with Gasteiger partial charge >= 0.3 is 0 Å². The summed E-state index contributed by atoms with van der Waals surface area (Å²) in [6, 6.07) is 1.96. The van der Waals surface area contributed by atoms with E-state index in [1.807, 2.05) is 11.4 Å². The summed E-state index contributed by atoms with van der Waals surface area (Å²) < 4.78 is 0. The summed E-state index contributed by atoms with van der Waals surface area (Å²) in [5, 5.41) is 12.6. The molecule has 2 rings (SSSR count). The first-order valence-corrected chi connectivity index (χ1v) is 6.34. The van der Waals surface area contributed by atoms with Crippen molar-refractivity contribution in [1.82, 2.24) is 0 Å². The third-order valence-corrected chi connectivity index (χ3v) is 4.73. The Kier molecular flexibility index (Phi) is 3.15. The Labute approximate surface area is 93.7 Å². The standard InChI is InChI=1S/C11H15ClOS/c1-7-8(2-3-10(7)13)6-11-9(12)4-5-14-11/h4-5,7-8,10,13H,2-3,6H2,1H3. The van der Waals surface area contributed by atoms with Gasteiger partial charge in [0.25, 0.3) is 0 Å². The van der Waals surface area contributed by atoms with Crippen LogP contribution >= 0.6 is 22.9 Å². The molecule has 0 saturated heterocycles. The van der Waals surface area contributed by atoms with E-state index < -0.39 is 0 Å². The highest BCUT2D eigenvalue weighted by Crippen LogP contribution is 2.36. The van der Waals surface area contributed by atoms with Crippen molar-refractivity contribution >= 4 is 22.9 Å². The minimum Gasteiger partial charge on any atom is -0.393 e. The third-order valence-electron chi connectivity index (χ3n) is 3.32. The van der Waals surface area contributed by atoms with Crippen molar-refractivity contribution in [3.05, 3.63) is 21.3 Å². The Hall–Kier alpha value is -0.0500. The van der Waals surface area contributed by atoms with Crippen LogP contribution in [0.3, 0.4) is 0 Å². The highest BCUT2D eigenvalue weighted by molar-refractivity contribution is 7.10. The van der Waals surface area contributed by atoms with E-state index in [1.54, 1.807) is 11.3 Å². The first kappa shape index (κ1) is 10.5. The summed E-state index contributed by atoms with van der Waals surface area (Å²) in [6.07, 6.45) is 3.03. The first-order chi connectivity index (χ1) is 6.68. The van der Waals surface area contributed by atoms with Gasteiger partial charge < -0.3 is 5.11 Å². The van der Waals surface area contributed by atoms with Crippen molar-refractivity contribution in [1.29, 1.82) is 0 Å². The van der Waals surface area contributed by atoms with Crippen LogP contribution in [0.1, 0.15) is 24.6 Å². The van der Waals surface area contributed by atoms with Gasteiger partial charge in [0, 0.05) is 4.88 Å². The fraction of sp³-hybridized carbons (Fsp3) is 0.636. The molecular weight excluding hydrogens is 216 g/mol. The molecule has 78 valence electrons. The van der Waals surface area contributed by atoms with Gasteiger partial charge in [0.05, 0.1) is 11.1 Å². The van der Waals surface area contributed by atoms with Crippen LogP contribution in [0.25, 0.3) is 0 Å². The molecule has 1 N–H and O–H groups in total. The van der Waals surface area contributed by atoms with E-state index in [1.165, 1.54) is 4.88 Å².